The number of amides is 1. The van der Waals surface area contributed by atoms with E-state index in [0.29, 0.717) is 26.1 Å². The van der Waals surface area contributed by atoms with Crippen LogP contribution in [-0.2, 0) is 16.1 Å². The Kier molecular flexibility index (Phi) is 8.42. The maximum Gasteiger partial charge on any atom is 0.249 e. The molecule has 0 bridgehead atoms. The zero-order valence-electron chi connectivity index (χ0n) is 20.2. The molecular formula is C27H36N4O2. The number of hydrogen-bond donors (Lipinski definition) is 1. The molecule has 0 fully saturated rings. The number of rotatable bonds is 10. The average molecular weight is 449 g/mol. The highest BCUT2D eigenvalue weighted by Gasteiger charge is 2.38. The molecule has 1 unspecified atom stereocenters. The van der Waals surface area contributed by atoms with Gasteiger partial charge in [-0.1, -0.05) is 81.4 Å². The summed E-state index contributed by atoms with van der Waals surface area (Å²) in [7, 11) is 1.55. The zero-order chi connectivity index (χ0) is 23.8. The number of nitrogens with two attached hydrogens (primary N) is 1. The summed E-state index contributed by atoms with van der Waals surface area (Å²) in [5.41, 5.74) is 8.69. The topological polar surface area (TPSA) is 73.4 Å². The first-order valence-corrected chi connectivity index (χ1v) is 11.5. The number of imidazole rings is 1. The van der Waals surface area contributed by atoms with E-state index in [4.69, 9.17) is 15.5 Å². The van der Waals surface area contributed by atoms with Crippen LogP contribution in [-0.4, -0.2) is 47.2 Å². The molecular weight excluding hydrogens is 412 g/mol. The van der Waals surface area contributed by atoms with Crippen LogP contribution in [0.25, 0.3) is 11.3 Å². The Morgan fingerprint density at radius 2 is 1.73 bits per heavy atom. The van der Waals surface area contributed by atoms with E-state index in [1.807, 2.05) is 41.3 Å². The summed E-state index contributed by atoms with van der Waals surface area (Å²) >= 11 is 0. The zero-order valence-corrected chi connectivity index (χ0v) is 20.2. The lowest BCUT2D eigenvalue weighted by Gasteiger charge is -2.40. The van der Waals surface area contributed by atoms with Gasteiger partial charge in [0.2, 0.25) is 5.91 Å². The SMILES string of the molecule is COCC(=O)N(CCCN)C(c1nc(-c2ccccc2)cn1Cc1ccccc1)C(C)(C)C. The second-order valence-electron chi connectivity index (χ2n) is 9.39. The Balaban J connectivity index is 2.14. The summed E-state index contributed by atoms with van der Waals surface area (Å²) in [5, 5.41) is 0. The Morgan fingerprint density at radius 1 is 1.09 bits per heavy atom. The number of carbonyl (C=O) groups excluding carboxylic acids is 1. The van der Waals surface area contributed by atoms with E-state index in [9.17, 15) is 4.79 Å². The summed E-state index contributed by atoms with van der Waals surface area (Å²) in [5.74, 6) is 0.813. The second-order valence-corrected chi connectivity index (χ2v) is 9.39. The number of methoxy groups -OCH3 is 1. The van der Waals surface area contributed by atoms with E-state index in [0.717, 1.165) is 17.1 Å². The van der Waals surface area contributed by atoms with Gasteiger partial charge >= 0.3 is 0 Å². The largest absolute Gasteiger partial charge is 0.375 e. The molecule has 3 aromatic rings. The van der Waals surface area contributed by atoms with Gasteiger partial charge in [-0.05, 0) is 23.9 Å². The fraction of sp³-hybridized carbons (Fsp3) is 0.407. The van der Waals surface area contributed by atoms with Crippen LogP contribution in [0.4, 0.5) is 0 Å². The van der Waals surface area contributed by atoms with Crippen LogP contribution in [0.15, 0.2) is 66.9 Å². The maximum absolute atomic E-state index is 13.2. The summed E-state index contributed by atoms with van der Waals surface area (Å²) in [4.78, 5) is 20.2. The molecule has 2 aromatic carbocycles. The standard InChI is InChI=1S/C27H36N4O2/c1-27(2,3)25(31(17-11-16-28)24(32)20-33-4)26-29-23(22-14-9-6-10-15-22)19-30(26)18-21-12-7-5-8-13-21/h5-10,12-15,19,25H,11,16-18,20,28H2,1-4H3. The first-order chi connectivity index (χ1) is 15.8. The molecule has 1 amide bonds. The molecule has 0 saturated carbocycles. The van der Waals surface area contributed by atoms with Crippen molar-refractivity contribution < 1.29 is 9.53 Å². The molecule has 1 atom stereocenters. The number of ether oxygens (including phenoxy) is 1. The number of nitrogens with zero attached hydrogens (tertiary/aromatic N) is 3. The summed E-state index contributed by atoms with van der Waals surface area (Å²) in [6, 6.07) is 20.2. The number of benzene rings is 2. The van der Waals surface area contributed by atoms with Gasteiger partial charge < -0.3 is 19.9 Å². The lowest BCUT2D eigenvalue weighted by Crippen LogP contribution is -2.45. The monoisotopic (exact) mass is 448 g/mol. The molecule has 6 nitrogen and oxygen atoms in total. The minimum absolute atomic E-state index is 0.0298. The highest BCUT2D eigenvalue weighted by molar-refractivity contribution is 5.78. The number of carbonyl (C=O) groups is 1. The molecule has 0 spiro atoms. The van der Waals surface area contributed by atoms with Crippen molar-refractivity contribution in [2.45, 2.75) is 39.8 Å². The Labute approximate surface area is 197 Å². The van der Waals surface area contributed by atoms with E-state index < -0.39 is 0 Å². The quantitative estimate of drug-likeness (QED) is 0.495. The Morgan fingerprint density at radius 3 is 2.30 bits per heavy atom. The van der Waals surface area contributed by atoms with Crippen LogP contribution in [0.2, 0.25) is 0 Å². The lowest BCUT2D eigenvalue weighted by atomic mass is 9.84. The van der Waals surface area contributed by atoms with Crippen molar-refractivity contribution in [1.29, 1.82) is 0 Å². The van der Waals surface area contributed by atoms with Crippen LogP contribution in [0, 0.1) is 5.41 Å². The molecule has 0 aliphatic heterocycles. The van der Waals surface area contributed by atoms with Crippen molar-refractivity contribution in [3.8, 4) is 11.3 Å². The van der Waals surface area contributed by atoms with Crippen molar-refractivity contribution in [3.05, 3.63) is 78.2 Å². The Bertz CT molecular complexity index is 1010. The highest BCUT2D eigenvalue weighted by atomic mass is 16.5. The van der Waals surface area contributed by atoms with Crippen LogP contribution in [0.5, 0.6) is 0 Å². The lowest BCUT2D eigenvalue weighted by molar-refractivity contribution is -0.140. The molecule has 3 rings (SSSR count). The normalized spacial score (nSPS) is 12.5. The fourth-order valence-corrected chi connectivity index (χ4v) is 4.16. The molecule has 176 valence electrons. The summed E-state index contributed by atoms with van der Waals surface area (Å²) in [6.07, 6.45) is 2.81. The van der Waals surface area contributed by atoms with Crippen molar-refractivity contribution in [3.63, 3.8) is 0 Å². The van der Waals surface area contributed by atoms with Crippen LogP contribution < -0.4 is 5.73 Å². The van der Waals surface area contributed by atoms with E-state index in [1.54, 1.807) is 7.11 Å². The molecule has 6 heteroatoms. The van der Waals surface area contributed by atoms with Crippen LogP contribution in [0.3, 0.4) is 0 Å². The third-order valence-corrected chi connectivity index (χ3v) is 5.64. The smallest absolute Gasteiger partial charge is 0.249 e. The molecule has 1 aromatic heterocycles. The molecule has 0 aliphatic carbocycles. The van der Waals surface area contributed by atoms with E-state index in [-0.39, 0.29) is 24.0 Å². The molecule has 33 heavy (non-hydrogen) atoms. The van der Waals surface area contributed by atoms with Gasteiger partial charge in [-0.2, -0.15) is 0 Å². The molecule has 0 aliphatic rings. The first kappa shape index (κ1) is 24.7. The van der Waals surface area contributed by atoms with Gasteiger partial charge in [0.25, 0.3) is 0 Å². The minimum atomic E-state index is -0.258. The minimum Gasteiger partial charge on any atom is -0.375 e. The molecule has 0 saturated heterocycles. The average Bonchev–Trinajstić information content (AvgIpc) is 3.20. The number of hydrogen-bond acceptors (Lipinski definition) is 4. The van der Waals surface area contributed by atoms with Crippen molar-refractivity contribution in [2.24, 2.45) is 11.1 Å². The van der Waals surface area contributed by atoms with Gasteiger partial charge in [0.05, 0.1) is 11.7 Å². The maximum atomic E-state index is 13.2. The summed E-state index contributed by atoms with van der Waals surface area (Å²) in [6.45, 7) is 8.22. The third kappa shape index (κ3) is 6.30. The van der Waals surface area contributed by atoms with Crippen LogP contribution >= 0.6 is 0 Å². The van der Waals surface area contributed by atoms with Gasteiger partial charge in [0, 0.05) is 32.0 Å². The van der Waals surface area contributed by atoms with Gasteiger partial charge in [-0.3, -0.25) is 4.79 Å². The van der Waals surface area contributed by atoms with E-state index >= 15 is 0 Å². The van der Waals surface area contributed by atoms with Crippen molar-refractivity contribution in [2.75, 3.05) is 26.8 Å². The third-order valence-electron chi connectivity index (χ3n) is 5.64. The van der Waals surface area contributed by atoms with Gasteiger partial charge in [-0.15, -0.1) is 0 Å². The molecule has 1 heterocycles. The molecule has 2 N–H and O–H groups in total. The van der Waals surface area contributed by atoms with E-state index in [2.05, 4.69) is 55.8 Å². The second kappa shape index (κ2) is 11.3. The Hall–Kier alpha value is -2.96. The van der Waals surface area contributed by atoms with Gasteiger partial charge in [0.15, 0.2) is 0 Å². The van der Waals surface area contributed by atoms with Crippen molar-refractivity contribution >= 4 is 5.91 Å². The first-order valence-electron chi connectivity index (χ1n) is 11.5. The number of aromatic nitrogens is 2. The van der Waals surface area contributed by atoms with Gasteiger partial charge in [0.1, 0.15) is 12.4 Å². The van der Waals surface area contributed by atoms with Crippen LogP contribution in [0.1, 0.15) is 44.6 Å². The van der Waals surface area contributed by atoms with E-state index in [1.165, 1.54) is 5.56 Å². The fourth-order valence-electron chi connectivity index (χ4n) is 4.16. The predicted octanol–water partition coefficient (Wildman–Crippen LogP) is 4.51. The predicted molar refractivity (Wildman–Crippen MR) is 133 cm³/mol. The molecule has 0 radical (unpaired) electrons. The van der Waals surface area contributed by atoms with Gasteiger partial charge in [-0.25, -0.2) is 4.98 Å². The van der Waals surface area contributed by atoms with Crippen molar-refractivity contribution in [1.82, 2.24) is 14.5 Å². The summed E-state index contributed by atoms with van der Waals surface area (Å²) < 4.78 is 7.40. The highest BCUT2D eigenvalue weighted by Crippen LogP contribution is 2.39.